The molecule has 8 heteroatoms. The summed E-state index contributed by atoms with van der Waals surface area (Å²) in [6, 6.07) is 18.2. The molecule has 166 valence electrons. The van der Waals surface area contributed by atoms with E-state index in [2.05, 4.69) is 10.3 Å². The molecule has 3 aromatic rings. The van der Waals surface area contributed by atoms with Crippen LogP contribution in [0.15, 0.2) is 66.9 Å². The first-order valence-corrected chi connectivity index (χ1v) is 12.2. The summed E-state index contributed by atoms with van der Waals surface area (Å²) in [5.41, 5.74) is 3.77. The van der Waals surface area contributed by atoms with Gasteiger partial charge in [0.25, 0.3) is 5.91 Å². The third-order valence-corrected chi connectivity index (χ3v) is 6.59. The second-order valence-electron chi connectivity index (χ2n) is 7.90. The minimum Gasteiger partial charge on any atom is -0.487 e. The van der Waals surface area contributed by atoms with Crippen molar-refractivity contribution >= 4 is 21.6 Å². The standard InChI is InChI=1S/C24H25N3O4S/c1-17-12-20-14-19(9-10-23(20)27(17)32(2,29)30)24(28)26-15-18-6-5-8-22(13-18)31-16-21-7-3-4-11-25-21/h3-11,13-14,17H,12,15-16H2,1-2H3,(H,26,28). The van der Waals surface area contributed by atoms with Crippen LogP contribution >= 0.6 is 0 Å². The fourth-order valence-corrected chi connectivity index (χ4v) is 5.18. The smallest absolute Gasteiger partial charge is 0.251 e. The average molecular weight is 452 g/mol. The van der Waals surface area contributed by atoms with Gasteiger partial charge in [-0.2, -0.15) is 0 Å². The Balaban J connectivity index is 1.39. The molecule has 1 aromatic heterocycles. The highest BCUT2D eigenvalue weighted by molar-refractivity contribution is 7.92. The fraction of sp³-hybridized carbons (Fsp3) is 0.250. The summed E-state index contributed by atoms with van der Waals surface area (Å²) in [5, 5.41) is 2.92. The molecule has 0 aliphatic carbocycles. The van der Waals surface area contributed by atoms with Crippen LogP contribution in [0.25, 0.3) is 0 Å². The number of amides is 1. The first-order valence-electron chi connectivity index (χ1n) is 10.3. The van der Waals surface area contributed by atoms with Gasteiger partial charge in [-0.3, -0.25) is 14.1 Å². The predicted molar refractivity (Wildman–Crippen MR) is 123 cm³/mol. The van der Waals surface area contributed by atoms with Crippen molar-refractivity contribution in [3.8, 4) is 5.75 Å². The first kappa shape index (κ1) is 21.8. The lowest BCUT2D eigenvalue weighted by Crippen LogP contribution is -2.34. The van der Waals surface area contributed by atoms with Gasteiger partial charge in [0.15, 0.2) is 0 Å². The van der Waals surface area contributed by atoms with E-state index >= 15 is 0 Å². The van der Waals surface area contributed by atoms with Crippen LogP contribution in [0, 0.1) is 0 Å². The maximum atomic E-state index is 12.7. The highest BCUT2D eigenvalue weighted by Gasteiger charge is 2.32. The summed E-state index contributed by atoms with van der Waals surface area (Å²) < 4.78 is 31.4. The Labute approximate surface area is 188 Å². The first-order chi connectivity index (χ1) is 15.3. The molecule has 7 nitrogen and oxygen atoms in total. The topological polar surface area (TPSA) is 88.6 Å². The minimum atomic E-state index is -3.35. The maximum absolute atomic E-state index is 12.7. The van der Waals surface area contributed by atoms with Crippen molar-refractivity contribution in [3.05, 3.63) is 89.2 Å². The van der Waals surface area contributed by atoms with Crippen molar-refractivity contribution in [1.29, 1.82) is 0 Å². The minimum absolute atomic E-state index is 0.160. The number of anilines is 1. The molecule has 2 heterocycles. The number of aromatic nitrogens is 1. The third-order valence-electron chi connectivity index (χ3n) is 5.32. The van der Waals surface area contributed by atoms with Crippen molar-refractivity contribution in [2.45, 2.75) is 32.5 Å². The van der Waals surface area contributed by atoms with Gasteiger partial charge >= 0.3 is 0 Å². The van der Waals surface area contributed by atoms with E-state index in [4.69, 9.17) is 4.74 Å². The summed E-state index contributed by atoms with van der Waals surface area (Å²) in [4.78, 5) is 16.9. The molecule has 0 fully saturated rings. The van der Waals surface area contributed by atoms with Crippen LogP contribution in [0.3, 0.4) is 0 Å². The van der Waals surface area contributed by atoms with Crippen molar-refractivity contribution in [2.75, 3.05) is 10.6 Å². The molecular formula is C24H25N3O4S. The molecule has 0 spiro atoms. The van der Waals surface area contributed by atoms with Crippen molar-refractivity contribution < 1.29 is 17.9 Å². The van der Waals surface area contributed by atoms with Crippen LogP contribution in [-0.2, 0) is 29.6 Å². The van der Waals surface area contributed by atoms with Gasteiger partial charge in [0, 0.05) is 24.3 Å². The van der Waals surface area contributed by atoms with Crippen molar-refractivity contribution in [2.24, 2.45) is 0 Å². The van der Waals surface area contributed by atoms with E-state index in [1.165, 1.54) is 10.6 Å². The quantitative estimate of drug-likeness (QED) is 0.595. The van der Waals surface area contributed by atoms with Gasteiger partial charge in [0.1, 0.15) is 12.4 Å². The van der Waals surface area contributed by atoms with Crippen molar-refractivity contribution in [3.63, 3.8) is 0 Å². The van der Waals surface area contributed by atoms with E-state index in [1.54, 1.807) is 24.4 Å². The number of hydrogen-bond donors (Lipinski definition) is 1. The van der Waals surface area contributed by atoms with Crippen molar-refractivity contribution in [1.82, 2.24) is 10.3 Å². The number of hydrogen-bond acceptors (Lipinski definition) is 5. The normalized spacial score (nSPS) is 15.3. The van der Waals surface area contributed by atoms with Gasteiger partial charge in [0.05, 0.1) is 17.6 Å². The lowest BCUT2D eigenvalue weighted by molar-refractivity contribution is 0.0950. The molecule has 1 N–H and O–H groups in total. The number of nitrogens with one attached hydrogen (secondary N) is 1. The van der Waals surface area contributed by atoms with Gasteiger partial charge in [-0.25, -0.2) is 8.42 Å². The fourth-order valence-electron chi connectivity index (χ4n) is 3.92. The molecule has 1 unspecified atom stereocenters. The zero-order chi connectivity index (χ0) is 22.7. The van der Waals surface area contributed by atoms with Gasteiger partial charge in [-0.15, -0.1) is 0 Å². The number of carbonyl (C=O) groups is 1. The van der Waals surface area contributed by atoms with E-state index in [9.17, 15) is 13.2 Å². The number of fused-ring (bicyclic) bond motifs is 1. The Morgan fingerprint density at radius 2 is 2.00 bits per heavy atom. The van der Waals surface area contributed by atoms with Crippen LogP contribution in [-0.4, -0.2) is 31.6 Å². The highest BCUT2D eigenvalue weighted by Crippen LogP contribution is 2.34. The average Bonchev–Trinajstić information content (AvgIpc) is 3.12. The number of pyridine rings is 1. The predicted octanol–water partition coefficient (Wildman–Crippen LogP) is 3.30. The molecule has 1 amide bonds. The Bertz CT molecular complexity index is 1230. The second-order valence-corrected chi connectivity index (χ2v) is 9.75. The molecule has 0 saturated heterocycles. The second kappa shape index (κ2) is 9.00. The number of benzene rings is 2. The Kier molecular flexibility index (Phi) is 6.14. The molecule has 1 atom stereocenters. The third kappa shape index (κ3) is 4.91. The molecule has 32 heavy (non-hydrogen) atoms. The molecule has 2 aromatic carbocycles. The van der Waals surface area contributed by atoms with Gasteiger partial charge in [0.2, 0.25) is 10.0 Å². The van der Waals surface area contributed by atoms with Gasteiger partial charge in [-0.05, 0) is 66.9 Å². The molecule has 1 aliphatic heterocycles. The van der Waals surface area contributed by atoms with Crippen LogP contribution < -0.4 is 14.4 Å². The summed E-state index contributed by atoms with van der Waals surface area (Å²) in [6.07, 6.45) is 3.51. The molecule has 0 radical (unpaired) electrons. The monoisotopic (exact) mass is 451 g/mol. The Morgan fingerprint density at radius 3 is 2.75 bits per heavy atom. The number of ether oxygens (including phenoxy) is 1. The number of rotatable bonds is 7. The summed E-state index contributed by atoms with van der Waals surface area (Å²) in [6.45, 7) is 2.58. The summed E-state index contributed by atoms with van der Waals surface area (Å²) in [7, 11) is -3.35. The van der Waals surface area contributed by atoms with E-state index < -0.39 is 10.0 Å². The summed E-state index contributed by atoms with van der Waals surface area (Å²) >= 11 is 0. The van der Waals surface area contributed by atoms with Gasteiger partial charge < -0.3 is 10.1 Å². The number of carbonyl (C=O) groups excluding carboxylic acids is 1. The molecule has 1 aliphatic rings. The Morgan fingerprint density at radius 1 is 1.16 bits per heavy atom. The summed E-state index contributed by atoms with van der Waals surface area (Å²) in [5.74, 6) is 0.493. The van der Waals surface area contributed by atoms with E-state index in [1.807, 2.05) is 49.4 Å². The number of nitrogens with zero attached hydrogens (tertiary/aromatic N) is 2. The van der Waals surface area contributed by atoms with Crippen LogP contribution in [0.4, 0.5) is 5.69 Å². The van der Waals surface area contributed by atoms with E-state index in [-0.39, 0.29) is 11.9 Å². The SMILES string of the molecule is CC1Cc2cc(C(=O)NCc3cccc(OCc4ccccn4)c3)ccc2N1S(C)(=O)=O. The number of sulfonamides is 1. The van der Waals surface area contributed by atoms with Crippen LogP contribution in [0.2, 0.25) is 0 Å². The van der Waals surface area contributed by atoms with E-state index in [0.717, 1.165) is 16.8 Å². The molecule has 0 saturated carbocycles. The van der Waals surface area contributed by atoms with Crippen LogP contribution in [0.5, 0.6) is 5.75 Å². The lowest BCUT2D eigenvalue weighted by Gasteiger charge is -2.21. The Hall–Kier alpha value is -3.39. The molecule has 4 rings (SSSR count). The van der Waals surface area contributed by atoms with E-state index in [0.29, 0.717) is 36.6 Å². The molecule has 0 bridgehead atoms. The van der Waals surface area contributed by atoms with Gasteiger partial charge in [-0.1, -0.05) is 18.2 Å². The molecular weight excluding hydrogens is 426 g/mol. The zero-order valence-electron chi connectivity index (χ0n) is 18.0. The lowest BCUT2D eigenvalue weighted by atomic mass is 10.1. The van der Waals surface area contributed by atoms with Crippen LogP contribution in [0.1, 0.15) is 34.1 Å². The largest absolute Gasteiger partial charge is 0.487 e. The zero-order valence-corrected chi connectivity index (χ0v) is 18.8. The highest BCUT2D eigenvalue weighted by atomic mass is 32.2. The maximum Gasteiger partial charge on any atom is 0.251 e.